The molecule has 3 aliphatic rings. The molecule has 0 unspecified atom stereocenters. The highest BCUT2D eigenvalue weighted by Gasteiger charge is 2.37. The van der Waals surface area contributed by atoms with Gasteiger partial charge in [-0.25, -0.2) is 0 Å². The van der Waals surface area contributed by atoms with E-state index in [2.05, 4.69) is 5.32 Å². The van der Waals surface area contributed by atoms with Gasteiger partial charge in [0.15, 0.2) is 0 Å². The second-order valence-electron chi connectivity index (χ2n) is 9.35. The molecule has 0 aromatic heterocycles. The van der Waals surface area contributed by atoms with Crippen molar-refractivity contribution >= 4 is 17.7 Å². The lowest BCUT2D eigenvalue weighted by molar-refractivity contribution is -0.138. The van der Waals surface area contributed by atoms with Gasteiger partial charge in [0.05, 0.1) is 0 Å². The molecule has 4 rings (SSSR count). The molecular weight excluding hydrogens is 390 g/mol. The van der Waals surface area contributed by atoms with Gasteiger partial charge in [-0.15, -0.1) is 0 Å². The van der Waals surface area contributed by atoms with Crippen LogP contribution in [-0.2, 0) is 9.59 Å². The van der Waals surface area contributed by atoms with Crippen LogP contribution in [0.2, 0.25) is 0 Å². The minimum Gasteiger partial charge on any atom is -0.342 e. The zero-order chi connectivity index (χ0) is 21.6. The van der Waals surface area contributed by atoms with E-state index in [0.717, 1.165) is 70.9 Å². The van der Waals surface area contributed by atoms with Crippen molar-refractivity contribution in [3.05, 3.63) is 35.9 Å². The van der Waals surface area contributed by atoms with Gasteiger partial charge in [0.1, 0.15) is 6.04 Å². The van der Waals surface area contributed by atoms with E-state index in [1.807, 2.05) is 28.0 Å². The lowest BCUT2D eigenvalue weighted by atomic mass is 9.87. The summed E-state index contributed by atoms with van der Waals surface area (Å²) in [5.74, 6) is 0.406. The van der Waals surface area contributed by atoms with E-state index in [-0.39, 0.29) is 23.7 Å². The molecule has 2 saturated heterocycles. The minimum absolute atomic E-state index is 0.0459. The summed E-state index contributed by atoms with van der Waals surface area (Å²) in [6.45, 7) is 2.92. The first-order valence-corrected chi connectivity index (χ1v) is 12.1. The normalized spacial score (nSPS) is 21.7. The molecule has 168 valence electrons. The predicted molar refractivity (Wildman–Crippen MR) is 119 cm³/mol. The van der Waals surface area contributed by atoms with Gasteiger partial charge in [-0.2, -0.15) is 0 Å². The van der Waals surface area contributed by atoms with Crippen LogP contribution in [0, 0.1) is 11.8 Å². The molecule has 3 amide bonds. The van der Waals surface area contributed by atoms with Gasteiger partial charge in [0, 0.05) is 37.7 Å². The summed E-state index contributed by atoms with van der Waals surface area (Å²) < 4.78 is 0. The summed E-state index contributed by atoms with van der Waals surface area (Å²) >= 11 is 0. The van der Waals surface area contributed by atoms with Crippen molar-refractivity contribution in [2.75, 3.05) is 26.2 Å². The van der Waals surface area contributed by atoms with Crippen molar-refractivity contribution < 1.29 is 14.4 Å². The molecule has 1 atom stereocenters. The van der Waals surface area contributed by atoms with Crippen LogP contribution in [0.4, 0.5) is 0 Å². The Kier molecular flexibility index (Phi) is 7.25. The molecule has 1 aromatic rings. The van der Waals surface area contributed by atoms with Gasteiger partial charge in [-0.05, 0) is 63.0 Å². The average molecular weight is 426 g/mol. The number of hydrogen-bond donors (Lipinski definition) is 1. The van der Waals surface area contributed by atoms with E-state index in [1.165, 1.54) is 0 Å². The number of carbonyl (C=O) groups is 3. The van der Waals surface area contributed by atoms with Crippen LogP contribution >= 0.6 is 0 Å². The number of nitrogens with zero attached hydrogens (tertiary/aromatic N) is 2. The largest absolute Gasteiger partial charge is 0.342 e. The molecular formula is C25H35N3O3. The van der Waals surface area contributed by atoms with Gasteiger partial charge in [-0.3, -0.25) is 14.4 Å². The van der Waals surface area contributed by atoms with E-state index in [0.29, 0.717) is 24.6 Å². The first kappa shape index (κ1) is 21.8. The van der Waals surface area contributed by atoms with Crippen molar-refractivity contribution in [3.8, 4) is 0 Å². The van der Waals surface area contributed by atoms with Crippen LogP contribution in [0.3, 0.4) is 0 Å². The van der Waals surface area contributed by atoms with Crippen LogP contribution < -0.4 is 5.32 Å². The monoisotopic (exact) mass is 425 g/mol. The first-order valence-electron chi connectivity index (χ1n) is 12.1. The third kappa shape index (κ3) is 5.28. The highest BCUT2D eigenvalue weighted by Crippen LogP contribution is 2.30. The molecule has 31 heavy (non-hydrogen) atoms. The molecule has 3 fully saturated rings. The molecule has 0 bridgehead atoms. The topological polar surface area (TPSA) is 69.7 Å². The first-order chi connectivity index (χ1) is 15.1. The number of piperidine rings is 2. The van der Waals surface area contributed by atoms with Crippen molar-refractivity contribution in [3.63, 3.8) is 0 Å². The zero-order valence-corrected chi connectivity index (χ0v) is 18.4. The third-order valence-electron chi connectivity index (χ3n) is 7.28. The van der Waals surface area contributed by atoms with E-state index < -0.39 is 6.04 Å². The number of benzene rings is 1. The number of rotatable bonds is 5. The number of likely N-dealkylation sites (tertiary alicyclic amines) is 2. The molecule has 0 radical (unpaired) electrons. The van der Waals surface area contributed by atoms with E-state index >= 15 is 0 Å². The number of hydrogen-bond acceptors (Lipinski definition) is 3. The van der Waals surface area contributed by atoms with E-state index in [1.54, 1.807) is 12.1 Å². The Morgan fingerprint density at radius 1 is 0.774 bits per heavy atom. The molecule has 6 nitrogen and oxygen atoms in total. The quantitative estimate of drug-likeness (QED) is 0.787. The van der Waals surface area contributed by atoms with Gasteiger partial charge < -0.3 is 15.1 Å². The van der Waals surface area contributed by atoms with Crippen molar-refractivity contribution in [1.82, 2.24) is 15.1 Å². The Morgan fingerprint density at radius 3 is 2.06 bits per heavy atom. The molecule has 2 aliphatic heterocycles. The summed E-state index contributed by atoms with van der Waals surface area (Å²) in [6, 6.07) is 8.59. The third-order valence-corrected chi connectivity index (χ3v) is 7.28. The maximum absolute atomic E-state index is 13.4. The highest BCUT2D eigenvalue weighted by molar-refractivity contribution is 5.97. The van der Waals surface area contributed by atoms with E-state index in [9.17, 15) is 14.4 Å². The summed E-state index contributed by atoms with van der Waals surface area (Å²) in [7, 11) is 0. The molecule has 2 heterocycles. The second-order valence-corrected chi connectivity index (χ2v) is 9.35. The van der Waals surface area contributed by atoms with Gasteiger partial charge >= 0.3 is 0 Å². The lowest BCUT2D eigenvalue weighted by Gasteiger charge is -2.39. The Bertz CT molecular complexity index is 761. The highest BCUT2D eigenvalue weighted by atomic mass is 16.2. The van der Waals surface area contributed by atoms with Gasteiger partial charge in [0.25, 0.3) is 5.91 Å². The van der Waals surface area contributed by atoms with E-state index in [4.69, 9.17) is 0 Å². The summed E-state index contributed by atoms with van der Waals surface area (Å²) in [5.41, 5.74) is 0.577. The number of amides is 3. The summed E-state index contributed by atoms with van der Waals surface area (Å²) in [4.78, 5) is 43.0. The lowest BCUT2D eigenvalue weighted by Crippen LogP contribution is -2.55. The smallest absolute Gasteiger partial charge is 0.251 e. The number of carbonyl (C=O) groups excluding carboxylic acids is 3. The van der Waals surface area contributed by atoms with Crippen molar-refractivity contribution in [2.24, 2.45) is 11.8 Å². The SMILES string of the molecule is O=C(N[C@H](C(=O)N1CCCCC1)C1CCN(C(=O)C2CCCC2)CC1)c1ccccc1. The van der Waals surface area contributed by atoms with Crippen molar-refractivity contribution in [2.45, 2.75) is 63.8 Å². The Balaban J connectivity index is 1.43. The number of nitrogens with one attached hydrogen (secondary N) is 1. The molecule has 1 saturated carbocycles. The average Bonchev–Trinajstić information content (AvgIpc) is 3.38. The standard InChI is InChI=1S/C25H35N3O3/c29-23(20-9-3-1-4-10-20)26-22(25(31)27-15-7-2-8-16-27)19-13-17-28(18-14-19)24(30)21-11-5-6-12-21/h1,3-4,9-10,19,21-22H,2,5-8,11-18H2,(H,26,29)/t22-/m0/s1. The maximum Gasteiger partial charge on any atom is 0.251 e. The Hall–Kier alpha value is -2.37. The zero-order valence-electron chi connectivity index (χ0n) is 18.4. The van der Waals surface area contributed by atoms with Crippen molar-refractivity contribution in [1.29, 1.82) is 0 Å². The maximum atomic E-state index is 13.4. The molecule has 0 spiro atoms. The summed E-state index contributed by atoms with van der Waals surface area (Å²) in [6.07, 6.45) is 9.08. The van der Waals surface area contributed by atoms with Gasteiger partial charge in [0.2, 0.25) is 11.8 Å². The fraction of sp³-hybridized carbons (Fsp3) is 0.640. The van der Waals surface area contributed by atoms with Crippen LogP contribution in [0.5, 0.6) is 0 Å². The predicted octanol–water partition coefficient (Wildman–Crippen LogP) is 3.23. The second kappa shape index (κ2) is 10.3. The molecule has 1 aliphatic carbocycles. The van der Waals surface area contributed by atoms with Crippen LogP contribution in [0.1, 0.15) is 68.1 Å². The van der Waals surface area contributed by atoms with Gasteiger partial charge in [-0.1, -0.05) is 31.0 Å². The fourth-order valence-electron chi connectivity index (χ4n) is 5.39. The Labute approximate surface area is 185 Å². The molecule has 1 aromatic carbocycles. The minimum atomic E-state index is -0.519. The summed E-state index contributed by atoms with van der Waals surface area (Å²) in [5, 5.41) is 3.07. The fourth-order valence-corrected chi connectivity index (χ4v) is 5.39. The Morgan fingerprint density at radius 2 is 1.42 bits per heavy atom. The van der Waals surface area contributed by atoms with Crippen LogP contribution in [0.15, 0.2) is 30.3 Å². The van der Waals surface area contributed by atoms with Crippen LogP contribution in [-0.4, -0.2) is 59.7 Å². The molecule has 6 heteroatoms. The van der Waals surface area contributed by atoms with Crippen LogP contribution in [0.25, 0.3) is 0 Å². The molecule has 1 N–H and O–H groups in total.